The summed E-state index contributed by atoms with van der Waals surface area (Å²) in [5.41, 5.74) is 5.05. The van der Waals surface area contributed by atoms with Crippen LogP contribution in [-0.2, 0) is 0 Å². The largest absolute Gasteiger partial charge is 0.409 e. The lowest BCUT2D eigenvalue weighted by Gasteiger charge is -2.35. The molecule has 0 aliphatic heterocycles. The van der Waals surface area contributed by atoms with Crippen LogP contribution in [0.5, 0.6) is 0 Å². The lowest BCUT2D eigenvalue weighted by Crippen LogP contribution is -2.37. The Hall–Kier alpha value is -2.38. The Bertz CT molecular complexity index is 527. The number of pyridine rings is 1. The maximum absolute atomic E-state index is 10.9. The third-order valence-corrected chi connectivity index (χ3v) is 3.39. The lowest BCUT2D eigenvalue weighted by atomic mass is 9.92. The minimum atomic E-state index is -0.604. The number of hydrogen-bond acceptors (Lipinski definition) is 6. The molecule has 1 heterocycles. The molecule has 0 atom stereocenters. The van der Waals surface area contributed by atoms with Crippen LogP contribution in [0.3, 0.4) is 0 Å². The van der Waals surface area contributed by atoms with Gasteiger partial charge >= 0.3 is 0 Å². The van der Waals surface area contributed by atoms with Gasteiger partial charge in [0.05, 0.1) is 4.92 Å². The summed E-state index contributed by atoms with van der Waals surface area (Å²) in [6, 6.07) is 3.30. The van der Waals surface area contributed by atoms with E-state index in [1.807, 2.05) is 11.9 Å². The fraction of sp³-hybridized carbons (Fsp3) is 0.455. The molecule has 0 spiro atoms. The summed E-state index contributed by atoms with van der Waals surface area (Å²) in [6.45, 7) is 0. The zero-order valence-corrected chi connectivity index (χ0v) is 10.5. The molecule has 2 rings (SSSR count). The standard InChI is InChI=1S/C11H15N5O3/c1-15(7-3-2-4-7)9-6-5-8(16(18)19)10(13-9)11(12)14-17/h5-7,17H,2-4H2,1H3,(H2,12,14). The number of hydrogen-bond donors (Lipinski definition) is 2. The molecule has 1 aliphatic carbocycles. The molecule has 0 unspecified atom stereocenters. The van der Waals surface area contributed by atoms with E-state index < -0.39 is 4.92 Å². The van der Waals surface area contributed by atoms with E-state index >= 15 is 0 Å². The molecule has 1 aromatic rings. The molecule has 1 fully saturated rings. The summed E-state index contributed by atoms with van der Waals surface area (Å²) in [4.78, 5) is 16.4. The smallest absolute Gasteiger partial charge is 0.298 e. The topological polar surface area (TPSA) is 118 Å². The third kappa shape index (κ3) is 2.42. The number of anilines is 1. The van der Waals surface area contributed by atoms with E-state index in [1.165, 1.54) is 12.5 Å². The summed E-state index contributed by atoms with van der Waals surface area (Å²) in [7, 11) is 1.88. The minimum Gasteiger partial charge on any atom is -0.409 e. The molecule has 8 nitrogen and oxygen atoms in total. The molecule has 0 aromatic carbocycles. The molecular formula is C11H15N5O3. The van der Waals surface area contributed by atoms with Crippen LogP contribution in [0.1, 0.15) is 25.0 Å². The molecule has 8 heteroatoms. The predicted octanol–water partition coefficient (Wildman–Crippen LogP) is 1.07. The molecule has 3 N–H and O–H groups in total. The van der Waals surface area contributed by atoms with Crippen molar-refractivity contribution in [3.63, 3.8) is 0 Å². The SMILES string of the molecule is CN(c1ccc([N+](=O)[O-])c(/C(N)=N/O)n1)C1CCC1. The number of amidine groups is 1. The van der Waals surface area contributed by atoms with E-state index in [0.717, 1.165) is 12.8 Å². The molecule has 0 saturated heterocycles. The Morgan fingerprint density at radius 2 is 2.32 bits per heavy atom. The minimum absolute atomic E-state index is 0.115. The monoisotopic (exact) mass is 265 g/mol. The van der Waals surface area contributed by atoms with Gasteiger partial charge in [0.2, 0.25) is 0 Å². The van der Waals surface area contributed by atoms with Gasteiger partial charge in [-0.05, 0) is 25.3 Å². The molecule has 1 aromatic heterocycles. The van der Waals surface area contributed by atoms with E-state index in [4.69, 9.17) is 10.9 Å². The van der Waals surface area contributed by atoms with Crippen molar-refractivity contribution in [1.29, 1.82) is 0 Å². The summed E-state index contributed by atoms with van der Waals surface area (Å²) in [5, 5.41) is 22.4. The Kier molecular flexibility index (Phi) is 3.50. The van der Waals surface area contributed by atoms with Crippen LogP contribution in [0.15, 0.2) is 17.3 Å². The Morgan fingerprint density at radius 1 is 1.63 bits per heavy atom. The number of oxime groups is 1. The van der Waals surface area contributed by atoms with Gasteiger partial charge in [-0.1, -0.05) is 5.16 Å². The van der Waals surface area contributed by atoms with Crippen molar-refractivity contribution in [3.05, 3.63) is 27.9 Å². The Labute approximate surface area is 109 Å². The van der Waals surface area contributed by atoms with E-state index in [1.54, 1.807) is 6.07 Å². The lowest BCUT2D eigenvalue weighted by molar-refractivity contribution is -0.385. The Balaban J connectivity index is 2.40. The number of nitro groups is 1. The first-order valence-electron chi connectivity index (χ1n) is 5.90. The van der Waals surface area contributed by atoms with E-state index in [0.29, 0.717) is 11.9 Å². The van der Waals surface area contributed by atoms with Crippen LogP contribution in [0, 0.1) is 10.1 Å². The van der Waals surface area contributed by atoms with Gasteiger partial charge in [0, 0.05) is 19.2 Å². The Morgan fingerprint density at radius 3 is 2.79 bits per heavy atom. The highest BCUT2D eigenvalue weighted by molar-refractivity contribution is 5.99. The zero-order chi connectivity index (χ0) is 14.0. The molecule has 102 valence electrons. The van der Waals surface area contributed by atoms with E-state index in [9.17, 15) is 10.1 Å². The van der Waals surface area contributed by atoms with Gasteiger partial charge in [0.25, 0.3) is 5.69 Å². The number of rotatable bonds is 4. The third-order valence-electron chi connectivity index (χ3n) is 3.39. The van der Waals surface area contributed by atoms with Crippen LogP contribution in [0.2, 0.25) is 0 Å². The van der Waals surface area contributed by atoms with E-state index in [2.05, 4.69) is 10.1 Å². The average molecular weight is 265 g/mol. The van der Waals surface area contributed by atoms with Crippen LogP contribution in [0.4, 0.5) is 11.5 Å². The van der Waals surface area contributed by atoms with E-state index in [-0.39, 0.29) is 17.2 Å². The van der Waals surface area contributed by atoms with Crippen molar-refractivity contribution < 1.29 is 10.1 Å². The number of aromatic nitrogens is 1. The van der Waals surface area contributed by atoms with Gasteiger partial charge in [0.15, 0.2) is 11.5 Å². The highest BCUT2D eigenvalue weighted by Crippen LogP contribution is 2.28. The van der Waals surface area contributed by atoms with Gasteiger partial charge in [-0.2, -0.15) is 0 Å². The van der Waals surface area contributed by atoms with Crippen LogP contribution in [0.25, 0.3) is 0 Å². The zero-order valence-electron chi connectivity index (χ0n) is 10.5. The first-order valence-corrected chi connectivity index (χ1v) is 5.90. The second-order valence-electron chi connectivity index (χ2n) is 4.48. The fourth-order valence-corrected chi connectivity index (χ4v) is 1.98. The quantitative estimate of drug-likeness (QED) is 0.276. The van der Waals surface area contributed by atoms with Crippen LogP contribution < -0.4 is 10.6 Å². The van der Waals surface area contributed by atoms with Crippen molar-refractivity contribution in [3.8, 4) is 0 Å². The summed E-state index contributed by atoms with van der Waals surface area (Å²) >= 11 is 0. The van der Waals surface area contributed by atoms with Gasteiger partial charge in [-0.15, -0.1) is 0 Å². The van der Waals surface area contributed by atoms with Gasteiger partial charge in [-0.3, -0.25) is 10.1 Å². The molecule has 0 amide bonds. The van der Waals surface area contributed by atoms with Crippen molar-refractivity contribution in [1.82, 2.24) is 4.98 Å². The van der Waals surface area contributed by atoms with Crippen LogP contribution in [-0.4, -0.2) is 34.0 Å². The second kappa shape index (κ2) is 5.09. The van der Waals surface area contributed by atoms with Crippen molar-refractivity contribution in [2.75, 3.05) is 11.9 Å². The number of nitrogens with zero attached hydrogens (tertiary/aromatic N) is 4. The van der Waals surface area contributed by atoms with Crippen molar-refractivity contribution >= 4 is 17.3 Å². The fourth-order valence-electron chi connectivity index (χ4n) is 1.98. The maximum atomic E-state index is 10.9. The van der Waals surface area contributed by atoms with Gasteiger partial charge in [0.1, 0.15) is 5.82 Å². The second-order valence-corrected chi connectivity index (χ2v) is 4.48. The number of nitrogens with two attached hydrogens (primary N) is 1. The molecule has 0 radical (unpaired) electrons. The molecule has 1 saturated carbocycles. The molecule has 0 bridgehead atoms. The summed E-state index contributed by atoms with van der Waals surface area (Å²) in [5.74, 6) is 0.215. The first kappa shape index (κ1) is 13.1. The maximum Gasteiger partial charge on any atom is 0.298 e. The van der Waals surface area contributed by atoms with Crippen LogP contribution >= 0.6 is 0 Å². The molecule has 1 aliphatic rings. The highest BCUT2D eigenvalue weighted by atomic mass is 16.6. The first-order chi connectivity index (χ1) is 9.04. The molecular weight excluding hydrogens is 250 g/mol. The normalized spacial score (nSPS) is 15.9. The van der Waals surface area contributed by atoms with Crippen molar-refractivity contribution in [2.45, 2.75) is 25.3 Å². The average Bonchev–Trinajstić information content (AvgIpc) is 2.34. The van der Waals surface area contributed by atoms with Gasteiger partial charge in [-0.25, -0.2) is 4.98 Å². The van der Waals surface area contributed by atoms with Gasteiger partial charge < -0.3 is 15.8 Å². The molecule has 19 heavy (non-hydrogen) atoms. The highest BCUT2D eigenvalue weighted by Gasteiger charge is 2.26. The summed E-state index contributed by atoms with van der Waals surface area (Å²) in [6.07, 6.45) is 3.33. The summed E-state index contributed by atoms with van der Waals surface area (Å²) < 4.78 is 0. The van der Waals surface area contributed by atoms with Crippen molar-refractivity contribution in [2.24, 2.45) is 10.9 Å². The predicted molar refractivity (Wildman–Crippen MR) is 69.4 cm³/mol.